The van der Waals surface area contributed by atoms with E-state index in [1.807, 2.05) is 0 Å². The highest BCUT2D eigenvalue weighted by molar-refractivity contribution is 6.32. The summed E-state index contributed by atoms with van der Waals surface area (Å²) in [5.74, 6) is -2.58. The molecule has 16 heavy (non-hydrogen) atoms. The Bertz CT molecular complexity index is 428. The van der Waals surface area contributed by atoms with Crippen molar-refractivity contribution in [2.75, 3.05) is 0 Å². The summed E-state index contributed by atoms with van der Waals surface area (Å²) < 4.78 is 52.3. The van der Waals surface area contributed by atoms with Gasteiger partial charge in [-0.25, -0.2) is 4.39 Å². The van der Waals surface area contributed by atoms with Crippen LogP contribution in [0, 0.1) is 5.82 Å². The zero-order valence-electron chi connectivity index (χ0n) is 7.86. The Hall–Kier alpha value is -1.30. The summed E-state index contributed by atoms with van der Waals surface area (Å²) >= 11 is 5.37. The van der Waals surface area contributed by atoms with Crippen LogP contribution in [0.2, 0.25) is 5.02 Å². The van der Waals surface area contributed by atoms with Crippen LogP contribution < -0.4 is 4.74 Å². The van der Waals surface area contributed by atoms with E-state index in [1.54, 1.807) is 0 Å². The molecule has 0 bridgehead atoms. The summed E-state index contributed by atoms with van der Waals surface area (Å²) in [5, 5.41) is -0.609. The lowest BCUT2D eigenvalue weighted by Crippen LogP contribution is -2.19. The number of ketones is 1. The average Bonchev–Trinajstić information content (AvgIpc) is 2.07. The van der Waals surface area contributed by atoms with E-state index in [-0.39, 0.29) is 0 Å². The number of benzene rings is 1. The van der Waals surface area contributed by atoms with Crippen LogP contribution in [0.3, 0.4) is 0 Å². The molecular formula is C9H5ClF4O2. The molecule has 0 aliphatic carbocycles. The lowest BCUT2D eigenvalue weighted by molar-refractivity contribution is -0.274. The Labute approximate surface area is 92.8 Å². The van der Waals surface area contributed by atoms with E-state index in [1.165, 1.54) is 0 Å². The van der Waals surface area contributed by atoms with Crippen molar-refractivity contribution in [2.24, 2.45) is 0 Å². The van der Waals surface area contributed by atoms with Gasteiger partial charge in [0.05, 0.1) is 10.6 Å². The second-order valence-corrected chi connectivity index (χ2v) is 3.28. The first-order valence-electron chi connectivity index (χ1n) is 3.96. The monoisotopic (exact) mass is 256 g/mol. The lowest BCUT2D eigenvalue weighted by Gasteiger charge is -2.13. The molecule has 1 aromatic rings. The van der Waals surface area contributed by atoms with Crippen molar-refractivity contribution in [1.29, 1.82) is 0 Å². The fourth-order valence-corrected chi connectivity index (χ4v) is 1.29. The number of alkyl halides is 3. The number of halogens is 5. The summed E-state index contributed by atoms with van der Waals surface area (Å²) in [6.07, 6.45) is -4.99. The number of hydrogen-bond donors (Lipinski definition) is 0. The van der Waals surface area contributed by atoms with Crippen molar-refractivity contribution in [3.05, 3.63) is 28.5 Å². The van der Waals surface area contributed by atoms with Crippen molar-refractivity contribution >= 4 is 17.4 Å². The van der Waals surface area contributed by atoms with Gasteiger partial charge >= 0.3 is 6.36 Å². The second-order valence-electron chi connectivity index (χ2n) is 2.87. The molecule has 0 saturated heterocycles. The Morgan fingerprint density at radius 2 is 1.94 bits per heavy atom. The number of rotatable bonds is 2. The van der Waals surface area contributed by atoms with Gasteiger partial charge in [0, 0.05) is 0 Å². The third-order valence-corrected chi connectivity index (χ3v) is 1.89. The molecule has 0 unspecified atom stereocenters. The van der Waals surface area contributed by atoms with Crippen LogP contribution in [0.5, 0.6) is 5.75 Å². The van der Waals surface area contributed by atoms with Crippen molar-refractivity contribution < 1.29 is 27.1 Å². The summed E-state index contributed by atoms with van der Waals surface area (Å²) in [6, 6.07) is 1.27. The molecule has 0 heterocycles. The molecule has 88 valence electrons. The smallest absolute Gasteiger partial charge is 0.403 e. The predicted molar refractivity (Wildman–Crippen MR) is 48.1 cm³/mol. The van der Waals surface area contributed by atoms with Crippen molar-refractivity contribution in [1.82, 2.24) is 0 Å². The lowest BCUT2D eigenvalue weighted by atomic mass is 10.1. The van der Waals surface area contributed by atoms with Crippen LogP contribution in [0.15, 0.2) is 12.1 Å². The van der Waals surface area contributed by atoms with E-state index in [0.717, 1.165) is 6.92 Å². The van der Waals surface area contributed by atoms with Crippen LogP contribution in [0.25, 0.3) is 0 Å². The molecular weight excluding hydrogens is 252 g/mol. The zero-order valence-corrected chi connectivity index (χ0v) is 8.62. The quantitative estimate of drug-likeness (QED) is 0.597. The van der Waals surface area contributed by atoms with Crippen LogP contribution >= 0.6 is 11.6 Å². The van der Waals surface area contributed by atoms with E-state index in [9.17, 15) is 22.4 Å². The van der Waals surface area contributed by atoms with Gasteiger partial charge in [-0.05, 0) is 19.1 Å². The number of Topliss-reactive ketones (excluding diaryl/α,β-unsaturated/α-hetero) is 1. The van der Waals surface area contributed by atoms with Crippen molar-refractivity contribution in [3.63, 3.8) is 0 Å². The Balaban J connectivity index is 3.30. The molecule has 0 aromatic heterocycles. The normalized spacial score (nSPS) is 11.4. The first kappa shape index (κ1) is 12.8. The van der Waals surface area contributed by atoms with Crippen molar-refractivity contribution in [2.45, 2.75) is 13.3 Å². The maximum absolute atomic E-state index is 12.8. The number of hydrogen-bond acceptors (Lipinski definition) is 2. The predicted octanol–water partition coefficient (Wildman–Crippen LogP) is 3.58. The minimum atomic E-state index is -4.99. The van der Waals surface area contributed by atoms with E-state index in [4.69, 9.17) is 11.6 Å². The fraction of sp³-hybridized carbons (Fsp3) is 0.222. The van der Waals surface area contributed by atoms with Gasteiger partial charge < -0.3 is 4.74 Å². The molecule has 0 spiro atoms. The first-order chi connectivity index (χ1) is 7.20. The minimum absolute atomic E-state index is 0.553. The number of carbonyl (C=O) groups excluding carboxylic acids is 1. The van der Waals surface area contributed by atoms with Crippen molar-refractivity contribution in [3.8, 4) is 5.75 Å². The highest BCUT2D eigenvalue weighted by Crippen LogP contribution is 2.34. The van der Waals surface area contributed by atoms with Crippen LogP contribution in [0.1, 0.15) is 17.3 Å². The highest BCUT2D eigenvalue weighted by Gasteiger charge is 2.34. The molecule has 0 radical (unpaired) electrons. The molecule has 7 heteroatoms. The topological polar surface area (TPSA) is 26.3 Å². The summed E-state index contributed by atoms with van der Waals surface area (Å²) in [6.45, 7) is 0.980. The standard InChI is InChI=1S/C9H5ClF4O2/c1-4(15)6-2-5(11)3-7(10)8(6)16-9(12,13)14/h2-3H,1H3. The van der Waals surface area contributed by atoms with Gasteiger partial charge in [0.25, 0.3) is 0 Å². The van der Waals surface area contributed by atoms with E-state index in [2.05, 4.69) is 4.74 Å². The molecule has 1 rings (SSSR count). The molecule has 0 fully saturated rings. The molecule has 2 nitrogen and oxygen atoms in total. The zero-order chi connectivity index (χ0) is 12.5. The van der Waals surface area contributed by atoms with E-state index >= 15 is 0 Å². The van der Waals surface area contributed by atoms with Gasteiger partial charge in [0.15, 0.2) is 11.5 Å². The largest absolute Gasteiger partial charge is 0.573 e. The second kappa shape index (κ2) is 4.29. The van der Waals surface area contributed by atoms with Gasteiger partial charge in [-0.3, -0.25) is 4.79 Å². The Morgan fingerprint density at radius 1 is 1.38 bits per heavy atom. The number of ether oxygens (including phenoxy) is 1. The fourth-order valence-electron chi connectivity index (χ4n) is 1.04. The van der Waals surface area contributed by atoms with Crippen LogP contribution in [0.4, 0.5) is 17.6 Å². The summed E-state index contributed by atoms with van der Waals surface area (Å²) in [4.78, 5) is 11.0. The van der Waals surface area contributed by atoms with Gasteiger partial charge in [-0.2, -0.15) is 0 Å². The van der Waals surface area contributed by atoms with Gasteiger partial charge in [-0.15, -0.1) is 13.2 Å². The maximum Gasteiger partial charge on any atom is 0.573 e. The highest BCUT2D eigenvalue weighted by atomic mass is 35.5. The first-order valence-corrected chi connectivity index (χ1v) is 4.34. The molecule has 0 N–H and O–H groups in total. The molecule has 0 aliphatic heterocycles. The molecule has 0 aliphatic rings. The van der Waals surface area contributed by atoms with Crippen LogP contribution in [-0.4, -0.2) is 12.1 Å². The maximum atomic E-state index is 12.8. The molecule has 0 amide bonds. The average molecular weight is 257 g/mol. The van der Waals surface area contributed by atoms with Gasteiger partial charge in [0.2, 0.25) is 0 Å². The molecule has 1 aromatic carbocycles. The summed E-state index contributed by atoms with van der Waals surface area (Å²) in [5.41, 5.74) is -0.553. The van der Waals surface area contributed by atoms with Crippen LogP contribution in [-0.2, 0) is 0 Å². The van der Waals surface area contributed by atoms with E-state index < -0.39 is 34.3 Å². The Kier molecular flexibility index (Phi) is 3.42. The number of carbonyl (C=O) groups is 1. The SMILES string of the molecule is CC(=O)c1cc(F)cc(Cl)c1OC(F)(F)F. The van der Waals surface area contributed by atoms with E-state index in [0.29, 0.717) is 12.1 Å². The van der Waals surface area contributed by atoms with Gasteiger partial charge in [0.1, 0.15) is 5.82 Å². The van der Waals surface area contributed by atoms with Gasteiger partial charge in [-0.1, -0.05) is 11.6 Å². The third-order valence-electron chi connectivity index (χ3n) is 1.61. The molecule has 0 saturated carbocycles. The third kappa shape index (κ3) is 3.10. The summed E-state index contributed by atoms with van der Waals surface area (Å²) in [7, 11) is 0. The molecule has 0 atom stereocenters. The minimum Gasteiger partial charge on any atom is -0.403 e. The Morgan fingerprint density at radius 3 is 2.38 bits per heavy atom.